The lowest BCUT2D eigenvalue weighted by molar-refractivity contribution is 0.209. The summed E-state index contributed by atoms with van der Waals surface area (Å²) in [4.78, 5) is 20.6. The Labute approximate surface area is 288 Å². The second-order valence-corrected chi connectivity index (χ2v) is 17.2. The van der Waals surface area contributed by atoms with Gasteiger partial charge in [0.2, 0.25) is 5.95 Å². The molecule has 0 aliphatic heterocycles. The van der Waals surface area contributed by atoms with Gasteiger partial charge in [-0.1, -0.05) is 94.8 Å². The van der Waals surface area contributed by atoms with Gasteiger partial charge in [0.1, 0.15) is 16.8 Å². The van der Waals surface area contributed by atoms with Crippen LogP contribution in [0.5, 0.6) is 5.75 Å². The van der Waals surface area contributed by atoms with Crippen LogP contribution in [0.3, 0.4) is 0 Å². The monoisotopic (exact) mass is 677 g/mol. The van der Waals surface area contributed by atoms with Crippen molar-refractivity contribution in [2.24, 2.45) is 0 Å². The third kappa shape index (κ3) is 7.74. The highest BCUT2D eigenvalue weighted by Gasteiger charge is 2.50. The second kappa shape index (κ2) is 15.3. The van der Waals surface area contributed by atoms with Gasteiger partial charge in [-0.05, 0) is 46.5 Å². The van der Waals surface area contributed by atoms with Crippen molar-refractivity contribution in [3.05, 3.63) is 96.2 Å². The van der Waals surface area contributed by atoms with E-state index in [9.17, 15) is 15.2 Å². The van der Waals surface area contributed by atoms with Gasteiger partial charge in [-0.15, -0.1) is 0 Å². The van der Waals surface area contributed by atoms with Gasteiger partial charge in [-0.25, -0.2) is 9.78 Å². The lowest BCUT2D eigenvalue weighted by Gasteiger charge is -2.43. The van der Waals surface area contributed by atoms with Crippen LogP contribution in [0.15, 0.2) is 85.1 Å². The zero-order valence-electron chi connectivity index (χ0n) is 28.6. The number of carbonyl (C=O) groups is 1. The maximum atomic E-state index is 11.6. The van der Waals surface area contributed by atoms with Crippen LogP contribution in [0.1, 0.15) is 58.1 Å². The SMILES string of the molecule is CCC[C@@H](CCO[Si](c1ccccc1)(c1ccccc1)C(C)(C)C)Nc1nc(NC(=O)O)nc2cnn(Cc3cc(C#N)ccc3OC)c12. The van der Waals surface area contributed by atoms with Gasteiger partial charge >= 0.3 is 6.09 Å². The van der Waals surface area contributed by atoms with Gasteiger partial charge < -0.3 is 19.6 Å². The summed E-state index contributed by atoms with van der Waals surface area (Å²) in [6.45, 7) is 9.69. The van der Waals surface area contributed by atoms with Crippen LogP contribution in [0, 0.1) is 11.3 Å². The number of amides is 1. The molecular formula is C37H43N7O4Si. The molecule has 5 aromatic rings. The van der Waals surface area contributed by atoms with Crippen LogP contribution in [0.4, 0.5) is 16.6 Å². The zero-order valence-corrected chi connectivity index (χ0v) is 29.6. The first kappa shape index (κ1) is 35.1. The van der Waals surface area contributed by atoms with Crippen LogP contribution in [0.25, 0.3) is 11.0 Å². The topological polar surface area (TPSA) is 147 Å². The van der Waals surface area contributed by atoms with Crippen molar-refractivity contribution in [1.29, 1.82) is 5.26 Å². The van der Waals surface area contributed by atoms with Crippen LogP contribution in [0.2, 0.25) is 5.04 Å². The number of nitrogens with one attached hydrogen (secondary N) is 2. The molecule has 0 aliphatic rings. The first-order chi connectivity index (χ1) is 23.6. The van der Waals surface area contributed by atoms with Crippen molar-refractivity contribution in [3.63, 3.8) is 0 Å². The van der Waals surface area contributed by atoms with Gasteiger partial charge in [0.25, 0.3) is 8.32 Å². The summed E-state index contributed by atoms with van der Waals surface area (Å²) in [7, 11) is -1.16. The third-order valence-corrected chi connectivity index (χ3v) is 13.7. The Hall–Kier alpha value is -5.25. The molecule has 3 N–H and O–H groups in total. The number of fused-ring (bicyclic) bond motifs is 1. The van der Waals surface area contributed by atoms with Crippen molar-refractivity contribution < 1.29 is 19.1 Å². The lowest BCUT2D eigenvalue weighted by Crippen LogP contribution is -2.66. The van der Waals surface area contributed by atoms with Crippen molar-refractivity contribution in [2.75, 3.05) is 24.4 Å². The van der Waals surface area contributed by atoms with Crippen LogP contribution in [-0.4, -0.2) is 59.0 Å². The second-order valence-electron chi connectivity index (χ2n) is 12.9. The van der Waals surface area contributed by atoms with Crippen molar-refractivity contribution in [1.82, 2.24) is 19.7 Å². The van der Waals surface area contributed by atoms with E-state index in [0.29, 0.717) is 41.2 Å². The maximum Gasteiger partial charge on any atom is 0.411 e. The van der Waals surface area contributed by atoms with Gasteiger partial charge in [0.15, 0.2) is 5.82 Å². The van der Waals surface area contributed by atoms with E-state index in [0.717, 1.165) is 18.4 Å². The fraction of sp³-hybridized carbons (Fsp3) is 0.324. The number of nitriles is 1. The number of anilines is 2. The molecule has 0 unspecified atom stereocenters. The quantitative estimate of drug-likeness (QED) is 0.114. The molecule has 12 heteroatoms. The number of carboxylic acid groups (broad SMARTS) is 1. The smallest absolute Gasteiger partial charge is 0.411 e. The van der Waals surface area contributed by atoms with E-state index in [4.69, 9.17) is 9.16 Å². The summed E-state index contributed by atoms with van der Waals surface area (Å²) in [6.07, 6.45) is 2.72. The molecule has 0 bridgehead atoms. The van der Waals surface area contributed by atoms with Gasteiger partial charge in [0.05, 0.1) is 31.5 Å². The summed E-state index contributed by atoms with van der Waals surface area (Å²) >= 11 is 0. The summed E-state index contributed by atoms with van der Waals surface area (Å²) in [5.41, 5.74) is 2.33. The first-order valence-corrected chi connectivity index (χ1v) is 18.3. The van der Waals surface area contributed by atoms with Crippen molar-refractivity contribution >= 4 is 47.6 Å². The van der Waals surface area contributed by atoms with Crippen molar-refractivity contribution in [3.8, 4) is 11.8 Å². The fourth-order valence-corrected chi connectivity index (χ4v) is 11.0. The maximum absolute atomic E-state index is 11.6. The molecule has 5 rings (SSSR count). The van der Waals surface area contributed by atoms with Crippen molar-refractivity contribution in [2.45, 2.75) is 64.6 Å². The molecule has 254 valence electrons. The van der Waals surface area contributed by atoms with E-state index in [1.165, 1.54) is 10.4 Å². The van der Waals surface area contributed by atoms with E-state index in [1.54, 1.807) is 36.2 Å². The summed E-state index contributed by atoms with van der Waals surface area (Å²) in [6, 6.07) is 28.5. The predicted molar refractivity (Wildman–Crippen MR) is 194 cm³/mol. The lowest BCUT2D eigenvalue weighted by atomic mass is 10.1. The molecule has 49 heavy (non-hydrogen) atoms. The van der Waals surface area contributed by atoms with Crippen LogP contribution >= 0.6 is 0 Å². The van der Waals surface area contributed by atoms with E-state index >= 15 is 0 Å². The van der Waals surface area contributed by atoms with Crippen LogP contribution in [-0.2, 0) is 11.0 Å². The molecule has 1 amide bonds. The van der Waals surface area contributed by atoms with E-state index < -0.39 is 14.4 Å². The molecule has 11 nitrogen and oxygen atoms in total. The Morgan fingerprint density at radius 1 is 1.02 bits per heavy atom. The van der Waals surface area contributed by atoms with E-state index in [2.05, 4.69) is 108 Å². The highest BCUT2D eigenvalue weighted by Crippen LogP contribution is 2.37. The Morgan fingerprint density at radius 2 is 1.69 bits per heavy atom. The van der Waals surface area contributed by atoms with Gasteiger partial charge in [-0.3, -0.25) is 10.00 Å². The average Bonchev–Trinajstić information content (AvgIpc) is 3.49. The number of hydrogen-bond donors (Lipinski definition) is 3. The Balaban J connectivity index is 1.49. The standard InChI is InChI=1S/C37H43N7O4Si/c1-6-13-28(20-21-48-49(37(2,3)4,29-14-9-7-10-15-29)30-16-11-8-12-17-30)40-34-33-31(41-35(42-34)43-36(45)46)24-39-44(33)25-27-22-26(23-38)18-19-32(27)47-5/h7-12,14-19,22,24,28H,6,13,20-21,25H2,1-5H3,(H,45,46)(H2,40,41,42,43)/t28-/m0/s1. The molecule has 0 saturated carbocycles. The molecule has 0 saturated heterocycles. The summed E-state index contributed by atoms with van der Waals surface area (Å²) in [5, 5.41) is 31.7. The molecule has 2 heterocycles. The fourth-order valence-electron chi connectivity index (χ4n) is 6.45. The number of benzene rings is 3. The highest BCUT2D eigenvalue weighted by atomic mass is 28.4. The largest absolute Gasteiger partial charge is 0.496 e. The Bertz CT molecular complexity index is 1880. The number of nitrogens with zero attached hydrogens (tertiary/aromatic N) is 5. The average molecular weight is 678 g/mol. The number of rotatable bonds is 14. The van der Waals surface area contributed by atoms with Gasteiger partial charge in [-0.2, -0.15) is 15.3 Å². The molecule has 0 aliphatic carbocycles. The molecule has 3 aromatic carbocycles. The first-order valence-electron chi connectivity index (χ1n) is 16.4. The molecule has 0 radical (unpaired) electrons. The predicted octanol–water partition coefficient (Wildman–Crippen LogP) is 6.39. The number of methoxy groups -OCH3 is 1. The summed E-state index contributed by atoms with van der Waals surface area (Å²) < 4.78 is 14.5. The van der Waals surface area contributed by atoms with E-state index in [-0.39, 0.29) is 23.6 Å². The summed E-state index contributed by atoms with van der Waals surface area (Å²) in [5.74, 6) is 1.02. The minimum atomic E-state index is -2.74. The number of aromatic nitrogens is 4. The Morgan fingerprint density at radius 3 is 2.27 bits per heavy atom. The molecular weight excluding hydrogens is 635 g/mol. The Kier molecular flexibility index (Phi) is 11.0. The van der Waals surface area contributed by atoms with Gasteiger partial charge in [0, 0.05) is 18.2 Å². The minimum absolute atomic E-state index is 0.0510. The third-order valence-electron chi connectivity index (χ3n) is 8.62. The minimum Gasteiger partial charge on any atom is -0.496 e. The zero-order chi connectivity index (χ0) is 35.0. The number of hydrogen-bond acceptors (Lipinski definition) is 8. The molecule has 0 fully saturated rings. The molecule has 1 atom stereocenters. The molecule has 0 spiro atoms. The normalized spacial score (nSPS) is 12.3. The van der Waals surface area contributed by atoms with Crippen LogP contribution < -0.4 is 25.7 Å². The number of ether oxygens (including phenoxy) is 1. The molecule has 2 aromatic heterocycles. The van der Waals surface area contributed by atoms with E-state index in [1.807, 2.05) is 12.1 Å². The highest BCUT2D eigenvalue weighted by molar-refractivity contribution is 6.99.